The number of carbonyl (C=O) groups is 1. The van der Waals surface area contributed by atoms with Crippen LogP contribution in [0.3, 0.4) is 0 Å². The normalized spacial score (nSPS) is 28.1. The van der Waals surface area contributed by atoms with Crippen LogP contribution in [0.15, 0.2) is 9.98 Å². The van der Waals surface area contributed by atoms with Crippen molar-refractivity contribution in [3.8, 4) is 0 Å². The molecule has 18 heavy (non-hydrogen) atoms. The molecule has 0 saturated carbocycles. The zero-order valence-electron chi connectivity index (χ0n) is 9.20. The van der Waals surface area contributed by atoms with Gasteiger partial charge >= 0.3 is 5.97 Å². The van der Waals surface area contributed by atoms with Crippen LogP contribution < -0.4 is 4.72 Å². The lowest BCUT2D eigenvalue weighted by atomic mass is 10.1. The lowest BCUT2D eigenvalue weighted by Crippen LogP contribution is -2.54. The molecule has 1 fully saturated rings. The number of nitrogens with one attached hydrogen (secondary N) is 1. The smallest absolute Gasteiger partial charge is 0.322 e. The maximum atomic E-state index is 11.8. The van der Waals surface area contributed by atoms with Gasteiger partial charge in [0.1, 0.15) is 11.0 Å². The SMILES string of the molecule is CN1[C@H](C(=O)O)C[C@H](c2ncc(Br)s2)NS1(=O)=O. The number of nitrogens with zero attached hydrogens (tertiary/aromatic N) is 2. The Kier molecular flexibility index (Phi) is 3.74. The highest BCUT2D eigenvalue weighted by Gasteiger charge is 2.41. The van der Waals surface area contributed by atoms with Gasteiger partial charge in [-0.15, -0.1) is 11.3 Å². The largest absolute Gasteiger partial charge is 0.480 e. The molecule has 1 saturated heterocycles. The molecule has 0 aromatic carbocycles. The Morgan fingerprint density at radius 1 is 1.72 bits per heavy atom. The number of carboxylic acids is 1. The Bertz CT molecular complexity index is 573. The van der Waals surface area contributed by atoms with Gasteiger partial charge in [-0.2, -0.15) is 17.4 Å². The number of aromatic nitrogens is 1. The van der Waals surface area contributed by atoms with Crippen LogP contribution in [-0.4, -0.2) is 41.9 Å². The fourth-order valence-electron chi connectivity index (χ4n) is 1.69. The van der Waals surface area contributed by atoms with Gasteiger partial charge in [0.15, 0.2) is 0 Å². The third kappa shape index (κ3) is 2.57. The molecule has 1 aliphatic heterocycles. The molecule has 0 aliphatic carbocycles. The Hall–Kier alpha value is -0.550. The zero-order valence-corrected chi connectivity index (χ0v) is 12.4. The molecule has 1 aliphatic rings. The van der Waals surface area contributed by atoms with Gasteiger partial charge in [0.25, 0.3) is 10.2 Å². The van der Waals surface area contributed by atoms with Crippen molar-refractivity contribution >= 4 is 43.4 Å². The van der Waals surface area contributed by atoms with Gasteiger partial charge in [0.05, 0.1) is 16.0 Å². The topological polar surface area (TPSA) is 99.6 Å². The molecule has 10 heteroatoms. The molecule has 2 N–H and O–H groups in total. The van der Waals surface area contributed by atoms with Crippen LogP contribution in [0.4, 0.5) is 0 Å². The number of hydrogen-bond donors (Lipinski definition) is 2. The minimum absolute atomic E-state index is 0.144. The predicted molar refractivity (Wildman–Crippen MR) is 68.4 cm³/mol. The van der Waals surface area contributed by atoms with Gasteiger partial charge < -0.3 is 5.11 Å². The van der Waals surface area contributed by atoms with Crippen molar-refractivity contribution in [3.63, 3.8) is 0 Å². The highest BCUT2D eigenvalue weighted by molar-refractivity contribution is 9.11. The van der Waals surface area contributed by atoms with Crippen molar-refractivity contribution in [1.82, 2.24) is 14.0 Å². The summed E-state index contributed by atoms with van der Waals surface area (Å²) in [5.41, 5.74) is 0. The first-order chi connectivity index (χ1) is 8.31. The molecule has 7 nitrogen and oxygen atoms in total. The predicted octanol–water partition coefficient (Wildman–Crippen LogP) is 0.570. The van der Waals surface area contributed by atoms with E-state index in [9.17, 15) is 13.2 Å². The van der Waals surface area contributed by atoms with Crippen molar-refractivity contribution < 1.29 is 18.3 Å². The van der Waals surface area contributed by atoms with Crippen LogP contribution in [-0.2, 0) is 15.0 Å². The van der Waals surface area contributed by atoms with E-state index in [0.717, 1.165) is 8.09 Å². The van der Waals surface area contributed by atoms with Gasteiger partial charge in [-0.05, 0) is 22.4 Å². The van der Waals surface area contributed by atoms with E-state index >= 15 is 0 Å². The van der Waals surface area contributed by atoms with Crippen molar-refractivity contribution in [2.75, 3.05) is 7.05 Å². The molecule has 100 valence electrons. The van der Waals surface area contributed by atoms with Crippen molar-refractivity contribution in [1.29, 1.82) is 0 Å². The molecular weight excluding hydrogens is 346 g/mol. The fourth-order valence-corrected chi connectivity index (χ4v) is 4.31. The van der Waals surface area contributed by atoms with Gasteiger partial charge in [-0.1, -0.05) is 0 Å². The van der Waals surface area contributed by atoms with E-state index in [1.54, 1.807) is 6.20 Å². The van der Waals surface area contributed by atoms with Crippen LogP contribution in [0.2, 0.25) is 0 Å². The minimum Gasteiger partial charge on any atom is -0.480 e. The second kappa shape index (κ2) is 4.85. The second-order valence-electron chi connectivity index (χ2n) is 3.78. The summed E-state index contributed by atoms with van der Waals surface area (Å²) >= 11 is 4.51. The number of likely N-dealkylation sites (N-methyl/N-ethyl adjacent to an activating group) is 1. The summed E-state index contributed by atoms with van der Waals surface area (Å²) in [5.74, 6) is -1.16. The molecule has 2 rings (SSSR count). The lowest BCUT2D eigenvalue weighted by Gasteiger charge is -2.33. The first-order valence-electron chi connectivity index (χ1n) is 4.90. The van der Waals surface area contributed by atoms with Gasteiger partial charge in [-0.3, -0.25) is 4.79 Å². The van der Waals surface area contributed by atoms with E-state index in [1.165, 1.54) is 18.4 Å². The van der Waals surface area contributed by atoms with Crippen molar-refractivity contribution in [3.05, 3.63) is 15.0 Å². The molecule has 0 spiro atoms. The van der Waals surface area contributed by atoms with Crippen LogP contribution >= 0.6 is 27.3 Å². The molecule has 0 unspecified atom stereocenters. The van der Waals surface area contributed by atoms with Crippen LogP contribution in [0.5, 0.6) is 0 Å². The highest BCUT2D eigenvalue weighted by Crippen LogP contribution is 2.31. The molecule has 1 aromatic rings. The minimum atomic E-state index is -3.79. The molecule has 2 atom stereocenters. The van der Waals surface area contributed by atoms with Gasteiger partial charge in [0.2, 0.25) is 0 Å². The summed E-state index contributed by atoms with van der Waals surface area (Å²) in [5, 5.41) is 9.60. The fraction of sp³-hybridized carbons (Fsp3) is 0.500. The van der Waals surface area contributed by atoms with E-state index in [2.05, 4.69) is 25.6 Å². The second-order valence-corrected chi connectivity index (χ2v) is 7.99. The first-order valence-corrected chi connectivity index (χ1v) is 7.95. The maximum Gasteiger partial charge on any atom is 0.322 e. The molecule has 2 heterocycles. The average molecular weight is 356 g/mol. The van der Waals surface area contributed by atoms with Crippen LogP contribution in [0.25, 0.3) is 0 Å². The number of carboxylic acid groups (broad SMARTS) is 1. The quantitative estimate of drug-likeness (QED) is 0.807. The van der Waals surface area contributed by atoms with E-state index < -0.39 is 28.3 Å². The number of thiazole rings is 1. The van der Waals surface area contributed by atoms with Crippen LogP contribution in [0, 0.1) is 0 Å². The third-order valence-electron chi connectivity index (χ3n) is 2.65. The summed E-state index contributed by atoms with van der Waals surface area (Å²) in [4.78, 5) is 15.1. The van der Waals surface area contributed by atoms with Gasteiger partial charge in [0, 0.05) is 7.05 Å². The average Bonchev–Trinajstić information content (AvgIpc) is 2.68. The molecule has 1 aromatic heterocycles. The summed E-state index contributed by atoms with van der Waals surface area (Å²) in [6, 6.07) is -1.69. The number of aliphatic carboxylic acids is 1. The van der Waals surface area contributed by atoms with Gasteiger partial charge in [-0.25, -0.2) is 4.98 Å². The Labute approximate surface area is 116 Å². The highest BCUT2D eigenvalue weighted by atomic mass is 79.9. The van der Waals surface area contributed by atoms with E-state index in [0.29, 0.717) is 5.01 Å². The molecule has 0 amide bonds. The zero-order chi connectivity index (χ0) is 13.5. The van der Waals surface area contributed by atoms with E-state index in [-0.39, 0.29) is 6.42 Å². The van der Waals surface area contributed by atoms with E-state index in [4.69, 9.17) is 5.11 Å². The summed E-state index contributed by atoms with van der Waals surface area (Å²) < 4.78 is 27.6. The first kappa shape index (κ1) is 13.9. The Morgan fingerprint density at radius 2 is 2.39 bits per heavy atom. The summed E-state index contributed by atoms with van der Waals surface area (Å²) in [7, 11) is -2.54. The lowest BCUT2D eigenvalue weighted by molar-refractivity contribution is -0.141. The summed E-state index contributed by atoms with van der Waals surface area (Å²) in [6.07, 6.45) is 1.70. The Morgan fingerprint density at radius 3 is 2.89 bits per heavy atom. The molecule has 0 radical (unpaired) electrons. The van der Waals surface area contributed by atoms with E-state index in [1.807, 2.05) is 0 Å². The van der Waals surface area contributed by atoms with Crippen molar-refractivity contribution in [2.45, 2.75) is 18.5 Å². The number of hydrogen-bond acceptors (Lipinski definition) is 5. The van der Waals surface area contributed by atoms with Crippen LogP contribution in [0.1, 0.15) is 17.5 Å². The monoisotopic (exact) mass is 355 g/mol. The summed E-state index contributed by atoms with van der Waals surface area (Å²) in [6.45, 7) is 0. The number of rotatable bonds is 2. The van der Waals surface area contributed by atoms with Crippen molar-refractivity contribution in [2.24, 2.45) is 0 Å². The number of halogens is 1. The molecular formula is C8H10BrN3O4S2. The third-order valence-corrected chi connectivity index (χ3v) is 5.83. The standard InChI is InChI=1S/C8H10BrN3O4S2/c1-12-5(8(13)14)2-4(11-18(12,15)16)7-10-3-6(9)17-7/h3-5,11H,2H2,1H3,(H,13,14)/t4-,5+/m1/s1. The maximum absolute atomic E-state index is 11.8. The Balaban J connectivity index is 2.33. The molecule has 0 bridgehead atoms.